The SMILES string of the molecule is CC(=O)OCC(O[C@@H](O)CN=[N+]=[N-])[C@H](COC(C)=O)OC(C)=O. The third-order valence-electron chi connectivity index (χ3n) is 2.27. The van der Waals surface area contributed by atoms with Crippen molar-refractivity contribution in [1.82, 2.24) is 0 Å². The van der Waals surface area contributed by atoms with Crippen molar-refractivity contribution in [2.45, 2.75) is 39.3 Å². The van der Waals surface area contributed by atoms with E-state index in [0.717, 1.165) is 20.8 Å². The van der Waals surface area contributed by atoms with Gasteiger partial charge in [-0.3, -0.25) is 14.4 Å². The van der Waals surface area contributed by atoms with Gasteiger partial charge >= 0.3 is 17.9 Å². The number of hydrogen-bond acceptors (Lipinski definition) is 9. The maximum atomic E-state index is 11.1. The number of ether oxygens (including phenoxy) is 4. The number of azide groups is 1. The lowest BCUT2D eigenvalue weighted by atomic mass is 10.2. The lowest BCUT2D eigenvalue weighted by Gasteiger charge is -2.27. The van der Waals surface area contributed by atoms with Crippen LogP contribution < -0.4 is 0 Å². The van der Waals surface area contributed by atoms with Crippen molar-refractivity contribution in [2.24, 2.45) is 5.11 Å². The molecule has 11 heteroatoms. The molecule has 0 radical (unpaired) electrons. The lowest BCUT2D eigenvalue weighted by molar-refractivity contribution is -0.200. The number of nitrogens with zero attached hydrogens (tertiary/aromatic N) is 3. The fraction of sp³-hybridized carbons (Fsp3) is 0.750. The van der Waals surface area contributed by atoms with Crippen molar-refractivity contribution in [3.8, 4) is 0 Å². The summed E-state index contributed by atoms with van der Waals surface area (Å²) >= 11 is 0. The van der Waals surface area contributed by atoms with Crippen LogP contribution in [0.25, 0.3) is 10.4 Å². The largest absolute Gasteiger partial charge is 0.463 e. The maximum Gasteiger partial charge on any atom is 0.303 e. The van der Waals surface area contributed by atoms with Gasteiger partial charge in [-0.1, -0.05) is 5.11 Å². The number of hydrogen-bond donors (Lipinski definition) is 1. The Hall–Kier alpha value is -2.36. The Morgan fingerprint density at radius 1 is 1.04 bits per heavy atom. The van der Waals surface area contributed by atoms with Gasteiger partial charge in [0.25, 0.3) is 0 Å². The second-order valence-corrected chi connectivity index (χ2v) is 4.30. The molecular formula is C12H19N3O8. The minimum absolute atomic E-state index is 0.366. The molecule has 0 heterocycles. The van der Waals surface area contributed by atoms with Gasteiger partial charge in [-0.2, -0.15) is 0 Å². The van der Waals surface area contributed by atoms with Crippen LogP contribution in [-0.2, 0) is 33.3 Å². The van der Waals surface area contributed by atoms with Gasteiger partial charge in [-0.05, 0) is 5.53 Å². The van der Waals surface area contributed by atoms with Gasteiger partial charge in [0, 0.05) is 25.7 Å². The van der Waals surface area contributed by atoms with Gasteiger partial charge in [0.2, 0.25) is 0 Å². The number of aliphatic hydroxyl groups excluding tert-OH is 1. The Morgan fingerprint density at radius 3 is 2.00 bits per heavy atom. The van der Waals surface area contributed by atoms with E-state index >= 15 is 0 Å². The summed E-state index contributed by atoms with van der Waals surface area (Å²) in [5.74, 6) is -1.94. The van der Waals surface area contributed by atoms with E-state index in [4.69, 9.17) is 24.5 Å². The molecular weight excluding hydrogens is 314 g/mol. The van der Waals surface area contributed by atoms with Crippen LogP contribution in [0.4, 0.5) is 0 Å². The molecule has 0 aliphatic rings. The van der Waals surface area contributed by atoms with E-state index in [9.17, 15) is 19.5 Å². The molecule has 0 spiro atoms. The topological polar surface area (TPSA) is 157 Å². The summed E-state index contributed by atoms with van der Waals surface area (Å²) in [6, 6.07) is 0. The first kappa shape index (κ1) is 20.6. The van der Waals surface area contributed by atoms with Crippen LogP contribution in [0.3, 0.4) is 0 Å². The quantitative estimate of drug-likeness (QED) is 0.147. The molecule has 3 atom stereocenters. The number of carbonyl (C=O) groups excluding carboxylic acids is 3. The predicted octanol–water partition coefficient (Wildman–Crippen LogP) is 0.0582. The molecule has 0 aromatic rings. The molecule has 0 bridgehead atoms. The fourth-order valence-corrected chi connectivity index (χ4v) is 1.41. The van der Waals surface area contributed by atoms with Crippen LogP contribution in [0.5, 0.6) is 0 Å². The summed E-state index contributed by atoms with van der Waals surface area (Å²) in [7, 11) is 0. The number of aliphatic hydroxyl groups is 1. The summed E-state index contributed by atoms with van der Waals surface area (Å²) < 4.78 is 19.6. The highest BCUT2D eigenvalue weighted by atomic mass is 16.7. The summed E-state index contributed by atoms with van der Waals surface area (Å²) in [5, 5.41) is 12.7. The van der Waals surface area contributed by atoms with Crippen molar-refractivity contribution >= 4 is 17.9 Å². The lowest BCUT2D eigenvalue weighted by Crippen LogP contribution is -2.43. The Kier molecular flexibility index (Phi) is 10.1. The monoisotopic (exact) mass is 333 g/mol. The van der Waals surface area contributed by atoms with Gasteiger partial charge in [-0.15, -0.1) is 0 Å². The zero-order valence-electron chi connectivity index (χ0n) is 13.0. The molecule has 0 aliphatic carbocycles. The Balaban J connectivity index is 5.00. The molecule has 0 aromatic carbocycles. The van der Waals surface area contributed by atoms with Crippen LogP contribution in [0.15, 0.2) is 5.11 Å². The second kappa shape index (κ2) is 11.2. The predicted molar refractivity (Wildman–Crippen MR) is 73.7 cm³/mol. The molecule has 0 saturated carbocycles. The minimum Gasteiger partial charge on any atom is -0.463 e. The van der Waals surface area contributed by atoms with Gasteiger partial charge in [0.05, 0.1) is 6.54 Å². The van der Waals surface area contributed by atoms with E-state index in [2.05, 4.69) is 10.0 Å². The molecule has 0 saturated heterocycles. The number of carbonyl (C=O) groups is 3. The first-order chi connectivity index (χ1) is 10.8. The average molecular weight is 333 g/mol. The minimum atomic E-state index is -1.53. The van der Waals surface area contributed by atoms with E-state index in [1.807, 2.05) is 0 Å². The van der Waals surface area contributed by atoms with Gasteiger partial charge < -0.3 is 24.1 Å². The van der Waals surface area contributed by atoms with Crippen LogP contribution in [0.1, 0.15) is 20.8 Å². The third-order valence-corrected chi connectivity index (χ3v) is 2.27. The standard InChI is InChI=1S/C12H19N3O8/c1-7(16)20-5-10(22-9(3)18)11(6-21-8(2)17)23-12(19)4-14-15-13/h10-12,19H,4-6H2,1-3H3/t10-,11?,12+/m0/s1. The van der Waals surface area contributed by atoms with Crippen molar-refractivity contribution in [3.63, 3.8) is 0 Å². The summed E-state index contributed by atoms with van der Waals surface area (Å²) in [5.41, 5.74) is 8.19. The summed E-state index contributed by atoms with van der Waals surface area (Å²) in [6.07, 6.45) is -3.79. The molecule has 0 aliphatic heterocycles. The normalized spacial score (nSPS) is 13.9. The molecule has 1 unspecified atom stereocenters. The smallest absolute Gasteiger partial charge is 0.303 e. The third kappa shape index (κ3) is 10.9. The number of rotatable bonds is 10. The van der Waals surface area contributed by atoms with Crippen LogP contribution >= 0.6 is 0 Å². The van der Waals surface area contributed by atoms with Crippen molar-refractivity contribution in [3.05, 3.63) is 10.4 Å². The fourth-order valence-electron chi connectivity index (χ4n) is 1.41. The highest BCUT2D eigenvalue weighted by Gasteiger charge is 2.30. The summed E-state index contributed by atoms with van der Waals surface area (Å²) in [6.45, 7) is 2.29. The van der Waals surface area contributed by atoms with Crippen LogP contribution in [-0.4, -0.2) is 61.3 Å². The zero-order valence-corrected chi connectivity index (χ0v) is 13.0. The Labute approximate surface area is 132 Å². The molecule has 11 nitrogen and oxygen atoms in total. The molecule has 0 amide bonds. The summed E-state index contributed by atoms with van der Waals surface area (Å²) in [4.78, 5) is 35.4. The van der Waals surface area contributed by atoms with E-state index in [1.165, 1.54) is 0 Å². The van der Waals surface area contributed by atoms with Gasteiger partial charge in [0.15, 0.2) is 12.4 Å². The first-order valence-electron chi connectivity index (χ1n) is 6.54. The zero-order chi connectivity index (χ0) is 17.8. The Bertz CT molecular complexity index is 463. The van der Waals surface area contributed by atoms with Crippen LogP contribution in [0, 0.1) is 0 Å². The molecule has 1 N–H and O–H groups in total. The highest BCUT2D eigenvalue weighted by Crippen LogP contribution is 2.10. The van der Waals surface area contributed by atoms with Crippen LogP contribution in [0.2, 0.25) is 0 Å². The maximum absolute atomic E-state index is 11.1. The highest BCUT2D eigenvalue weighted by molar-refractivity contribution is 5.67. The van der Waals surface area contributed by atoms with Crippen molar-refractivity contribution in [2.75, 3.05) is 19.8 Å². The van der Waals surface area contributed by atoms with Crippen molar-refractivity contribution < 1.29 is 38.4 Å². The molecule has 0 fully saturated rings. The number of esters is 3. The molecule has 23 heavy (non-hydrogen) atoms. The molecule has 130 valence electrons. The van der Waals surface area contributed by atoms with Crippen molar-refractivity contribution in [1.29, 1.82) is 0 Å². The Morgan fingerprint density at radius 2 is 1.57 bits per heavy atom. The van der Waals surface area contributed by atoms with E-state index < -0.39 is 43.0 Å². The van der Waals surface area contributed by atoms with E-state index in [0.29, 0.717) is 0 Å². The molecule has 0 rings (SSSR count). The van der Waals surface area contributed by atoms with Gasteiger partial charge in [0.1, 0.15) is 19.3 Å². The molecule has 0 aromatic heterocycles. The first-order valence-corrected chi connectivity index (χ1v) is 6.54. The average Bonchev–Trinajstić information content (AvgIpc) is 2.45. The van der Waals surface area contributed by atoms with E-state index in [1.54, 1.807) is 0 Å². The van der Waals surface area contributed by atoms with Gasteiger partial charge in [-0.25, -0.2) is 0 Å². The second-order valence-electron chi connectivity index (χ2n) is 4.30. The van der Waals surface area contributed by atoms with E-state index in [-0.39, 0.29) is 13.2 Å².